The normalized spacial score (nSPS) is 28.0. The van der Waals surface area contributed by atoms with Crippen molar-refractivity contribution in [2.45, 2.75) is 11.6 Å². The van der Waals surface area contributed by atoms with E-state index in [1.54, 1.807) is 54.6 Å². The summed E-state index contributed by atoms with van der Waals surface area (Å²) in [6.07, 6.45) is 0. The second kappa shape index (κ2) is 6.90. The van der Waals surface area contributed by atoms with Gasteiger partial charge in [0.1, 0.15) is 11.8 Å². The summed E-state index contributed by atoms with van der Waals surface area (Å²) in [4.78, 5) is 24.7. The highest BCUT2D eigenvalue weighted by atomic mass is 79.9. The molecule has 7 heteroatoms. The van der Waals surface area contributed by atoms with Gasteiger partial charge < -0.3 is 16.2 Å². The summed E-state index contributed by atoms with van der Waals surface area (Å²) in [6.45, 7) is 0. The smallest absolute Gasteiger partial charge is 0.235 e. The number of primary amides is 1. The Balaban J connectivity index is 2.20. The average Bonchev–Trinajstić information content (AvgIpc) is 2.61. The molecule has 0 saturated carbocycles. The Hall–Kier alpha value is -2.69. The number of benzene rings is 2. The molecule has 26 heavy (non-hydrogen) atoms. The fourth-order valence-electron chi connectivity index (χ4n) is 3.48. The number of nitrogens with zero attached hydrogens (tertiary/aromatic N) is 1. The van der Waals surface area contributed by atoms with Gasteiger partial charge in [0.2, 0.25) is 11.8 Å². The maximum Gasteiger partial charge on any atom is 0.235 e. The summed E-state index contributed by atoms with van der Waals surface area (Å²) in [7, 11) is 0. The van der Waals surface area contributed by atoms with Crippen LogP contribution in [-0.4, -0.2) is 16.9 Å². The highest BCUT2D eigenvalue weighted by molar-refractivity contribution is 9.10. The Labute approximate surface area is 158 Å². The third kappa shape index (κ3) is 2.98. The lowest BCUT2D eigenvalue weighted by Crippen LogP contribution is -2.62. The van der Waals surface area contributed by atoms with E-state index in [1.165, 1.54) is 0 Å². The summed E-state index contributed by atoms with van der Waals surface area (Å²) in [6, 6.07) is 17.4. The molecule has 2 aromatic carbocycles. The van der Waals surface area contributed by atoms with Crippen LogP contribution in [0.3, 0.4) is 0 Å². The molecule has 0 bridgehead atoms. The summed E-state index contributed by atoms with van der Waals surface area (Å²) in [5.74, 6) is -4.83. The molecule has 6 nitrogen and oxygen atoms in total. The SMILES string of the molecule is N#C[C@@H]1[C@H](c2cccc(Br)c2)[C@H](C(N)=O)C(=O)N[C@]1(O)c1ccccc1. The zero-order chi connectivity index (χ0) is 18.9. The number of hydrogen-bond acceptors (Lipinski definition) is 4. The molecule has 0 spiro atoms. The van der Waals surface area contributed by atoms with Crippen molar-refractivity contribution in [1.29, 1.82) is 5.26 Å². The molecule has 4 atom stereocenters. The number of nitriles is 1. The van der Waals surface area contributed by atoms with Gasteiger partial charge in [-0.3, -0.25) is 9.59 Å². The van der Waals surface area contributed by atoms with Gasteiger partial charge in [0.25, 0.3) is 0 Å². The predicted octanol–water partition coefficient (Wildman–Crippen LogP) is 1.75. The van der Waals surface area contributed by atoms with Crippen LogP contribution in [0.1, 0.15) is 17.0 Å². The highest BCUT2D eigenvalue weighted by Gasteiger charge is 2.55. The Morgan fingerprint density at radius 2 is 1.92 bits per heavy atom. The van der Waals surface area contributed by atoms with Crippen molar-refractivity contribution < 1.29 is 14.7 Å². The first-order valence-electron chi connectivity index (χ1n) is 7.93. The van der Waals surface area contributed by atoms with Crippen LogP contribution in [0.25, 0.3) is 0 Å². The van der Waals surface area contributed by atoms with Crippen LogP contribution < -0.4 is 11.1 Å². The van der Waals surface area contributed by atoms with Crippen LogP contribution in [0.15, 0.2) is 59.1 Å². The minimum Gasteiger partial charge on any atom is -0.369 e. The molecule has 1 heterocycles. The third-order valence-corrected chi connectivity index (χ3v) is 5.15. The van der Waals surface area contributed by atoms with Crippen molar-refractivity contribution >= 4 is 27.7 Å². The van der Waals surface area contributed by atoms with Crippen LogP contribution in [-0.2, 0) is 15.3 Å². The second-order valence-corrected chi connectivity index (χ2v) is 7.10. The van der Waals surface area contributed by atoms with E-state index in [4.69, 9.17) is 5.73 Å². The zero-order valence-corrected chi connectivity index (χ0v) is 15.2. The number of rotatable bonds is 3. The second-order valence-electron chi connectivity index (χ2n) is 6.19. The average molecular weight is 414 g/mol. The van der Waals surface area contributed by atoms with Gasteiger partial charge >= 0.3 is 0 Å². The van der Waals surface area contributed by atoms with Crippen molar-refractivity contribution in [2.75, 3.05) is 0 Å². The molecule has 0 aliphatic carbocycles. The number of piperidine rings is 1. The first-order chi connectivity index (χ1) is 12.4. The molecule has 1 aliphatic rings. The number of amides is 2. The van der Waals surface area contributed by atoms with Gasteiger partial charge in [0.05, 0.1) is 6.07 Å². The molecule has 3 rings (SSSR count). The number of halogens is 1. The van der Waals surface area contributed by atoms with Gasteiger partial charge in [-0.1, -0.05) is 58.4 Å². The number of carbonyl (C=O) groups excluding carboxylic acids is 2. The van der Waals surface area contributed by atoms with Gasteiger partial charge in [0.15, 0.2) is 5.72 Å². The van der Waals surface area contributed by atoms with Crippen LogP contribution in [0, 0.1) is 23.2 Å². The molecule has 4 N–H and O–H groups in total. The molecular weight excluding hydrogens is 398 g/mol. The largest absolute Gasteiger partial charge is 0.369 e. The first-order valence-corrected chi connectivity index (χ1v) is 8.72. The van der Waals surface area contributed by atoms with Crippen LogP contribution in [0.5, 0.6) is 0 Å². The summed E-state index contributed by atoms with van der Waals surface area (Å²) in [5.41, 5.74) is 4.46. The molecule has 0 radical (unpaired) electrons. The van der Waals surface area contributed by atoms with E-state index < -0.39 is 35.3 Å². The molecule has 0 unspecified atom stereocenters. The number of nitrogens with one attached hydrogen (secondary N) is 1. The molecule has 1 saturated heterocycles. The van der Waals surface area contributed by atoms with Crippen molar-refractivity contribution in [2.24, 2.45) is 17.6 Å². The van der Waals surface area contributed by atoms with Crippen molar-refractivity contribution in [3.8, 4) is 6.07 Å². The summed E-state index contributed by atoms with van der Waals surface area (Å²) >= 11 is 3.35. The summed E-state index contributed by atoms with van der Waals surface area (Å²) < 4.78 is 0.726. The molecular formula is C19H16BrN3O3. The van der Waals surface area contributed by atoms with Crippen LogP contribution in [0.4, 0.5) is 0 Å². The van der Waals surface area contributed by atoms with Gasteiger partial charge in [-0.2, -0.15) is 5.26 Å². The predicted molar refractivity (Wildman–Crippen MR) is 97.2 cm³/mol. The van der Waals surface area contributed by atoms with Crippen LogP contribution >= 0.6 is 15.9 Å². The number of hydrogen-bond donors (Lipinski definition) is 3. The van der Waals surface area contributed by atoms with Gasteiger partial charge in [0, 0.05) is 16.0 Å². The van der Waals surface area contributed by atoms with Gasteiger partial charge in [-0.25, -0.2) is 0 Å². The third-order valence-electron chi connectivity index (χ3n) is 4.66. The van der Waals surface area contributed by atoms with Crippen molar-refractivity contribution in [3.05, 3.63) is 70.2 Å². The minimum atomic E-state index is -1.94. The fraction of sp³-hybridized carbons (Fsp3) is 0.211. The topological polar surface area (TPSA) is 116 Å². The lowest BCUT2D eigenvalue weighted by molar-refractivity contribution is -0.153. The van der Waals surface area contributed by atoms with E-state index in [-0.39, 0.29) is 0 Å². The maximum atomic E-state index is 12.7. The Morgan fingerprint density at radius 1 is 1.23 bits per heavy atom. The monoisotopic (exact) mass is 413 g/mol. The van der Waals surface area contributed by atoms with E-state index >= 15 is 0 Å². The molecule has 132 valence electrons. The maximum absolute atomic E-state index is 12.7. The first kappa shape index (κ1) is 18.1. The van der Waals surface area contributed by atoms with E-state index in [2.05, 4.69) is 27.3 Å². The zero-order valence-electron chi connectivity index (χ0n) is 13.6. The number of nitrogens with two attached hydrogens (primary N) is 1. The molecule has 1 fully saturated rings. The fourth-order valence-corrected chi connectivity index (χ4v) is 3.90. The van der Waals surface area contributed by atoms with Crippen LogP contribution in [0.2, 0.25) is 0 Å². The van der Waals surface area contributed by atoms with E-state index in [9.17, 15) is 20.0 Å². The summed E-state index contributed by atoms with van der Waals surface area (Å²) in [5, 5.41) is 23.5. The van der Waals surface area contributed by atoms with Gasteiger partial charge in [-0.15, -0.1) is 0 Å². The highest BCUT2D eigenvalue weighted by Crippen LogP contribution is 2.45. The Kier molecular flexibility index (Phi) is 4.81. The quantitative estimate of drug-likeness (QED) is 0.664. The Morgan fingerprint density at radius 3 is 2.50 bits per heavy atom. The van der Waals surface area contributed by atoms with Crippen molar-refractivity contribution in [1.82, 2.24) is 5.32 Å². The lowest BCUT2D eigenvalue weighted by Gasteiger charge is -2.44. The molecule has 2 amide bonds. The molecule has 0 aromatic heterocycles. The van der Waals surface area contributed by atoms with E-state index in [0.29, 0.717) is 11.1 Å². The van der Waals surface area contributed by atoms with E-state index in [1.807, 2.05) is 0 Å². The molecule has 2 aromatic rings. The molecule has 1 aliphatic heterocycles. The lowest BCUT2D eigenvalue weighted by atomic mass is 9.67. The Bertz CT molecular complexity index is 896. The van der Waals surface area contributed by atoms with Crippen molar-refractivity contribution in [3.63, 3.8) is 0 Å². The minimum absolute atomic E-state index is 0.364. The standard InChI is InChI=1S/C19H16BrN3O3/c20-13-8-4-5-11(9-13)15-14(10-21)19(26,12-6-2-1-3-7-12)23-18(25)16(15)17(22)24/h1-9,14-16,26H,(H2,22,24)(H,23,25)/t14-,15+,16-,19+/m1/s1. The number of aliphatic hydroxyl groups is 1. The van der Waals surface area contributed by atoms with Gasteiger partial charge in [-0.05, 0) is 17.7 Å². The van der Waals surface area contributed by atoms with E-state index in [0.717, 1.165) is 4.47 Å². The number of carbonyl (C=O) groups is 2.